The van der Waals surface area contributed by atoms with Crippen LogP contribution < -0.4 is 31.9 Å². The first-order chi connectivity index (χ1) is 28.4. The minimum atomic E-state index is -2.04. The van der Waals surface area contributed by atoms with Crippen LogP contribution in [0.4, 0.5) is 11.4 Å². The Morgan fingerprint density at radius 3 is 0.931 bits per heavy atom. The van der Waals surface area contributed by atoms with E-state index in [-0.39, 0.29) is 34.4 Å². The Kier molecular flexibility index (Phi) is 13.8. The van der Waals surface area contributed by atoms with E-state index in [2.05, 4.69) is 114 Å². The lowest BCUT2D eigenvalue weighted by Crippen LogP contribution is -2.38. The van der Waals surface area contributed by atoms with Gasteiger partial charge < -0.3 is 26.0 Å². The monoisotopic (exact) mass is 781 g/mol. The Labute approximate surface area is 338 Å². The van der Waals surface area contributed by atoms with Crippen LogP contribution >= 0.6 is 7.26 Å². The molecule has 8 heteroatoms. The Hall–Kier alpha value is -7.47. The number of rotatable bonds is 8. The molecule has 8 aromatic carbocycles. The lowest BCUT2D eigenvalue weighted by atomic mass is 10.2. The van der Waals surface area contributed by atoms with Gasteiger partial charge in [-0.1, -0.05) is 115 Å². The second-order valence-corrected chi connectivity index (χ2v) is 16.3. The molecule has 0 saturated heterocycles. The Bertz CT molecular complexity index is 2310. The number of amides is 2. The number of para-hydroxylation sites is 4. The van der Waals surface area contributed by atoms with Crippen molar-refractivity contribution in [2.75, 3.05) is 10.6 Å². The van der Waals surface area contributed by atoms with Gasteiger partial charge in [0.15, 0.2) is 0 Å². The fourth-order valence-corrected chi connectivity index (χ4v) is 10.5. The second kappa shape index (κ2) is 19.9. The SMILES string of the molecule is O=C(Nc1ccccc1)c1ccccc1O.O=C(Nc1ccccc1)c1ccccc1O.Oc1ccc([P+](c2ccccc2)(c2ccccc2)c2ccccc2)cc1. The van der Waals surface area contributed by atoms with Gasteiger partial charge in [-0.25, -0.2) is 0 Å². The van der Waals surface area contributed by atoms with Crippen molar-refractivity contribution in [2.45, 2.75) is 0 Å². The van der Waals surface area contributed by atoms with Gasteiger partial charge in [-0.15, -0.1) is 0 Å². The molecule has 0 aliphatic carbocycles. The zero-order valence-corrected chi connectivity index (χ0v) is 32.4. The van der Waals surface area contributed by atoms with Crippen LogP contribution in [0.25, 0.3) is 0 Å². The minimum absolute atomic E-state index is 0.0177. The first kappa shape index (κ1) is 40.2. The molecule has 0 aliphatic rings. The Balaban J connectivity index is 0.000000154. The van der Waals surface area contributed by atoms with Crippen molar-refractivity contribution in [1.82, 2.24) is 0 Å². The molecule has 2 amide bonds. The molecule has 8 aromatic rings. The first-order valence-corrected chi connectivity index (χ1v) is 20.3. The van der Waals surface area contributed by atoms with Crippen LogP contribution in [0.3, 0.4) is 0 Å². The molecule has 286 valence electrons. The molecule has 0 radical (unpaired) electrons. The highest BCUT2D eigenvalue weighted by molar-refractivity contribution is 8.01. The summed E-state index contributed by atoms with van der Waals surface area (Å²) in [7, 11) is -2.04. The average Bonchev–Trinajstić information content (AvgIpc) is 3.27. The zero-order valence-electron chi connectivity index (χ0n) is 31.5. The van der Waals surface area contributed by atoms with Crippen LogP contribution in [0.15, 0.2) is 224 Å². The van der Waals surface area contributed by atoms with E-state index >= 15 is 0 Å². The summed E-state index contributed by atoms with van der Waals surface area (Å²) in [6.45, 7) is 0. The largest absolute Gasteiger partial charge is 0.508 e. The molecule has 0 aromatic heterocycles. The summed E-state index contributed by atoms with van der Waals surface area (Å²) in [5.74, 6) is -0.374. The highest BCUT2D eigenvalue weighted by atomic mass is 31.2. The minimum Gasteiger partial charge on any atom is -0.508 e. The molecule has 0 spiro atoms. The van der Waals surface area contributed by atoms with Gasteiger partial charge in [0.25, 0.3) is 11.8 Å². The topological polar surface area (TPSA) is 119 Å². The fourth-order valence-electron chi connectivity index (χ4n) is 6.30. The number of carbonyl (C=O) groups excluding carboxylic acids is 2. The van der Waals surface area contributed by atoms with Crippen LogP contribution in [0.1, 0.15) is 20.7 Å². The maximum atomic E-state index is 11.8. The molecule has 0 aliphatic heterocycles. The summed E-state index contributed by atoms with van der Waals surface area (Å²) in [5.41, 5.74) is 1.95. The van der Waals surface area contributed by atoms with E-state index in [1.165, 1.54) is 33.4 Å². The quantitative estimate of drug-likeness (QED) is 0.0986. The molecule has 5 N–H and O–H groups in total. The molecule has 0 unspecified atom stereocenters. The molecule has 0 heterocycles. The normalized spacial score (nSPS) is 10.4. The first-order valence-electron chi connectivity index (χ1n) is 18.5. The number of phenols is 3. The molecular formula is C50H42N2O5P+. The predicted octanol–water partition coefficient (Wildman–Crippen LogP) is 9.30. The van der Waals surface area contributed by atoms with Crippen molar-refractivity contribution in [1.29, 1.82) is 0 Å². The Morgan fingerprint density at radius 1 is 0.328 bits per heavy atom. The van der Waals surface area contributed by atoms with Gasteiger partial charge in [0.05, 0.1) is 11.1 Å². The highest BCUT2D eigenvalue weighted by Gasteiger charge is 2.47. The fraction of sp³-hybridized carbons (Fsp3) is 0. The van der Waals surface area contributed by atoms with Crippen LogP contribution in [-0.4, -0.2) is 27.1 Å². The van der Waals surface area contributed by atoms with Crippen LogP contribution in [0.2, 0.25) is 0 Å². The van der Waals surface area contributed by atoms with Gasteiger partial charge in [-0.05, 0) is 109 Å². The van der Waals surface area contributed by atoms with Gasteiger partial charge in [0, 0.05) is 11.4 Å². The Morgan fingerprint density at radius 2 is 0.603 bits per heavy atom. The van der Waals surface area contributed by atoms with E-state index in [1.807, 2.05) is 36.4 Å². The van der Waals surface area contributed by atoms with E-state index in [4.69, 9.17) is 0 Å². The van der Waals surface area contributed by atoms with Crippen LogP contribution in [0.5, 0.6) is 17.2 Å². The smallest absolute Gasteiger partial charge is 0.259 e. The molecule has 0 atom stereocenters. The van der Waals surface area contributed by atoms with Gasteiger partial charge in [-0.2, -0.15) is 0 Å². The molecule has 7 nitrogen and oxygen atoms in total. The van der Waals surface area contributed by atoms with Crippen LogP contribution in [0, 0.1) is 0 Å². The van der Waals surface area contributed by atoms with E-state index in [1.54, 1.807) is 72.8 Å². The van der Waals surface area contributed by atoms with E-state index in [9.17, 15) is 24.9 Å². The van der Waals surface area contributed by atoms with Crippen molar-refractivity contribution < 1.29 is 24.9 Å². The summed E-state index contributed by atoms with van der Waals surface area (Å²) < 4.78 is 0. The summed E-state index contributed by atoms with van der Waals surface area (Å²) in [4.78, 5) is 23.5. The lowest BCUT2D eigenvalue weighted by Gasteiger charge is -2.27. The van der Waals surface area contributed by atoms with Gasteiger partial charge in [0.1, 0.15) is 45.7 Å². The number of aromatic hydroxyl groups is 3. The molecule has 8 rings (SSSR count). The zero-order chi connectivity index (χ0) is 40.6. The maximum Gasteiger partial charge on any atom is 0.259 e. The summed E-state index contributed by atoms with van der Waals surface area (Å²) >= 11 is 0. The standard InChI is InChI=1S/C24H19OP.2C13H11NO2/c25-20-16-18-24(19-17-20)26(21-10-4-1-5-11-21,22-12-6-2-7-13-22)23-14-8-3-9-15-23;2*15-12-9-5-4-8-11(12)13(16)14-10-6-2-1-3-7-10/h1-19H;2*1-9,15H,(H,14,16)/p+1. The average molecular weight is 782 g/mol. The molecule has 58 heavy (non-hydrogen) atoms. The second-order valence-electron chi connectivity index (χ2n) is 12.9. The summed E-state index contributed by atoms with van der Waals surface area (Å²) in [6.07, 6.45) is 0. The predicted molar refractivity (Wildman–Crippen MR) is 238 cm³/mol. The summed E-state index contributed by atoms with van der Waals surface area (Å²) in [6, 6.07) is 71.0. The number of hydrogen-bond donors (Lipinski definition) is 5. The number of anilines is 2. The van der Waals surface area contributed by atoms with E-state index in [0.717, 1.165) is 0 Å². The van der Waals surface area contributed by atoms with Gasteiger partial charge in [-0.3, -0.25) is 9.59 Å². The van der Waals surface area contributed by atoms with Crippen molar-refractivity contribution in [3.8, 4) is 17.2 Å². The highest BCUT2D eigenvalue weighted by Crippen LogP contribution is 2.54. The third-order valence-corrected chi connectivity index (χ3v) is 13.3. The summed E-state index contributed by atoms with van der Waals surface area (Å²) in [5, 5.41) is 39.4. The number of hydrogen-bond acceptors (Lipinski definition) is 5. The molecular weight excluding hydrogens is 740 g/mol. The molecule has 0 saturated carbocycles. The molecule has 0 fully saturated rings. The number of nitrogens with one attached hydrogen (secondary N) is 2. The van der Waals surface area contributed by atoms with Crippen molar-refractivity contribution in [3.05, 3.63) is 236 Å². The van der Waals surface area contributed by atoms with Gasteiger partial charge in [0.2, 0.25) is 0 Å². The third-order valence-electron chi connectivity index (χ3n) is 9.03. The van der Waals surface area contributed by atoms with Crippen molar-refractivity contribution >= 4 is 51.7 Å². The van der Waals surface area contributed by atoms with Crippen molar-refractivity contribution in [3.63, 3.8) is 0 Å². The van der Waals surface area contributed by atoms with Crippen LogP contribution in [-0.2, 0) is 0 Å². The number of carbonyl (C=O) groups is 2. The van der Waals surface area contributed by atoms with Crippen molar-refractivity contribution in [2.24, 2.45) is 0 Å². The van der Waals surface area contributed by atoms with E-state index < -0.39 is 7.26 Å². The van der Waals surface area contributed by atoms with Gasteiger partial charge >= 0.3 is 0 Å². The number of benzene rings is 8. The number of phenolic OH excluding ortho intramolecular Hbond substituents is 3. The third kappa shape index (κ3) is 10.0. The lowest BCUT2D eigenvalue weighted by molar-refractivity contribution is 0.101. The molecule has 0 bridgehead atoms. The van der Waals surface area contributed by atoms with E-state index in [0.29, 0.717) is 17.1 Å². The maximum absolute atomic E-state index is 11.8.